The molecule has 0 spiro atoms. The average Bonchev–Trinajstić information content (AvgIpc) is 2.77. The third-order valence-electron chi connectivity index (χ3n) is 3.95. The Morgan fingerprint density at radius 3 is 1.90 bits per heavy atom. The van der Waals surface area contributed by atoms with Crippen LogP contribution in [0.2, 0.25) is 0 Å². The zero-order chi connectivity index (χ0) is 21.5. The molecule has 8 heteroatoms. The number of nitrogens with zero attached hydrogens (tertiary/aromatic N) is 2. The lowest BCUT2D eigenvalue weighted by Crippen LogP contribution is -2.49. The van der Waals surface area contributed by atoms with Crippen molar-refractivity contribution >= 4 is 31.9 Å². The molecule has 6 nitrogen and oxygen atoms in total. The first-order chi connectivity index (χ1) is 14.7. The van der Waals surface area contributed by atoms with E-state index in [0.717, 1.165) is 34.7 Å². The molecule has 2 aromatic carbocycles. The van der Waals surface area contributed by atoms with Crippen LogP contribution in [0, 0.1) is 0 Å². The SMILES string of the molecule is CCO[Si](CSCCCOc1ccc(N=Nc2ccccc2)cc1)(OCC)OCC. The quantitative estimate of drug-likeness (QED) is 0.185. The van der Waals surface area contributed by atoms with Gasteiger partial charge in [0.15, 0.2) is 0 Å². The fourth-order valence-corrected chi connectivity index (χ4v) is 7.15. The maximum atomic E-state index is 5.87. The smallest absolute Gasteiger partial charge is 0.494 e. The van der Waals surface area contributed by atoms with Crippen LogP contribution in [0.15, 0.2) is 64.8 Å². The van der Waals surface area contributed by atoms with Gasteiger partial charge in [-0.1, -0.05) is 18.2 Å². The second-order valence-corrected chi connectivity index (χ2v) is 10.5. The summed E-state index contributed by atoms with van der Waals surface area (Å²) in [5, 5.41) is 9.22. The van der Waals surface area contributed by atoms with Gasteiger partial charge in [-0.05, 0) is 69.3 Å². The van der Waals surface area contributed by atoms with Crippen molar-refractivity contribution in [2.75, 3.05) is 37.6 Å². The molecule has 0 heterocycles. The summed E-state index contributed by atoms with van der Waals surface area (Å²) in [5.74, 6) is 1.80. The first kappa shape index (κ1) is 24.6. The minimum absolute atomic E-state index is 0.608. The van der Waals surface area contributed by atoms with Gasteiger partial charge in [-0.25, -0.2) is 0 Å². The molecule has 0 aliphatic heterocycles. The minimum Gasteiger partial charge on any atom is -0.494 e. The van der Waals surface area contributed by atoms with Gasteiger partial charge in [0.2, 0.25) is 0 Å². The molecule has 164 valence electrons. The summed E-state index contributed by atoms with van der Waals surface area (Å²) < 4.78 is 23.4. The van der Waals surface area contributed by atoms with Crippen LogP contribution in [0.1, 0.15) is 27.2 Å². The van der Waals surface area contributed by atoms with Crippen LogP contribution in [0.25, 0.3) is 0 Å². The Morgan fingerprint density at radius 2 is 1.33 bits per heavy atom. The van der Waals surface area contributed by atoms with Gasteiger partial charge in [-0.2, -0.15) is 22.0 Å². The molecule has 2 aromatic rings. The molecule has 0 amide bonds. The Bertz CT molecular complexity index is 715. The van der Waals surface area contributed by atoms with Gasteiger partial charge in [-0.15, -0.1) is 0 Å². The third kappa shape index (κ3) is 8.97. The summed E-state index contributed by atoms with van der Waals surface area (Å²) in [5.41, 5.74) is 1.63. The topological polar surface area (TPSA) is 61.6 Å². The van der Waals surface area contributed by atoms with Crippen molar-refractivity contribution in [1.29, 1.82) is 0 Å². The largest absolute Gasteiger partial charge is 0.511 e. The lowest BCUT2D eigenvalue weighted by molar-refractivity contribution is 0.0773. The van der Waals surface area contributed by atoms with Crippen LogP contribution in [-0.4, -0.2) is 46.4 Å². The van der Waals surface area contributed by atoms with Gasteiger partial charge in [0, 0.05) is 19.8 Å². The molecule has 0 aromatic heterocycles. The molecule has 0 radical (unpaired) electrons. The molecule has 0 aliphatic carbocycles. The normalized spacial score (nSPS) is 11.8. The molecule has 2 rings (SSSR count). The fourth-order valence-electron chi connectivity index (χ4n) is 2.68. The number of rotatable bonds is 15. The Balaban J connectivity index is 1.69. The number of ether oxygens (including phenoxy) is 1. The number of benzene rings is 2. The lowest BCUT2D eigenvalue weighted by atomic mass is 10.3. The van der Waals surface area contributed by atoms with E-state index in [4.69, 9.17) is 18.0 Å². The fraction of sp³-hybridized carbons (Fsp3) is 0.455. The van der Waals surface area contributed by atoms with Crippen LogP contribution in [0.4, 0.5) is 11.4 Å². The van der Waals surface area contributed by atoms with E-state index in [9.17, 15) is 0 Å². The summed E-state index contributed by atoms with van der Waals surface area (Å²) >= 11 is 1.80. The maximum absolute atomic E-state index is 5.87. The molecule has 0 fully saturated rings. The van der Waals surface area contributed by atoms with E-state index in [1.54, 1.807) is 11.8 Å². The van der Waals surface area contributed by atoms with Gasteiger partial charge in [0.05, 0.1) is 23.4 Å². The standard InChI is InChI=1S/C22H32N2O4SSi/c1-4-26-30(27-5-2,28-6-3)19-29-18-10-17-25-22-15-13-21(14-16-22)24-23-20-11-8-7-9-12-20/h7-9,11-16H,4-6,10,17-19H2,1-3H3. The minimum atomic E-state index is -2.56. The predicted molar refractivity (Wildman–Crippen MR) is 125 cm³/mol. The summed E-state index contributed by atoms with van der Waals surface area (Å²) in [6.07, 6.45) is 0.939. The van der Waals surface area contributed by atoms with E-state index < -0.39 is 8.80 Å². The van der Waals surface area contributed by atoms with E-state index in [1.807, 2.05) is 75.4 Å². The summed E-state index contributed by atoms with van der Waals surface area (Å²) in [6, 6.07) is 17.3. The second kappa shape index (κ2) is 14.3. The first-order valence-corrected chi connectivity index (χ1v) is 13.5. The van der Waals surface area contributed by atoms with Crippen molar-refractivity contribution in [3.8, 4) is 5.75 Å². The molecule has 0 bridgehead atoms. The van der Waals surface area contributed by atoms with Crippen LogP contribution < -0.4 is 4.74 Å². The van der Waals surface area contributed by atoms with E-state index in [-0.39, 0.29) is 0 Å². The molecule has 0 unspecified atom stereocenters. The molecular weight excluding hydrogens is 416 g/mol. The highest BCUT2D eigenvalue weighted by molar-refractivity contribution is 8.00. The van der Waals surface area contributed by atoms with E-state index >= 15 is 0 Å². The number of hydrogen-bond donors (Lipinski definition) is 0. The van der Waals surface area contributed by atoms with Crippen molar-refractivity contribution in [2.45, 2.75) is 27.2 Å². The Labute approximate surface area is 185 Å². The number of azo groups is 1. The first-order valence-electron chi connectivity index (χ1n) is 10.4. The number of thioether (sulfide) groups is 1. The second-order valence-electron chi connectivity index (χ2n) is 6.27. The van der Waals surface area contributed by atoms with Gasteiger partial charge < -0.3 is 18.0 Å². The third-order valence-corrected chi connectivity index (χ3v) is 8.94. The van der Waals surface area contributed by atoms with Crippen LogP contribution in [-0.2, 0) is 13.3 Å². The Morgan fingerprint density at radius 1 is 0.767 bits per heavy atom. The molecule has 0 N–H and O–H groups in total. The zero-order valence-electron chi connectivity index (χ0n) is 18.1. The maximum Gasteiger partial charge on any atom is 0.511 e. The van der Waals surface area contributed by atoms with E-state index in [1.165, 1.54) is 0 Å². The van der Waals surface area contributed by atoms with Crippen molar-refractivity contribution in [2.24, 2.45) is 10.2 Å². The molecule has 0 saturated carbocycles. The molecule has 0 saturated heterocycles. The van der Waals surface area contributed by atoms with Crippen LogP contribution in [0.3, 0.4) is 0 Å². The highest BCUT2D eigenvalue weighted by Gasteiger charge is 2.40. The van der Waals surface area contributed by atoms with Crippen molar-refractivity contribution in [3.05, 3.63) is 54.6 Å². The Kier molecular flexibility index (Phi) is 11.7. The predicted octanol–water partition coefficient (Wildman–Crippen LogP) is 6.19. The molecule has 30 heavy (non-hydrogen) atoms. The summed E-state index contributed by atoms with van der Waals surface area (Å²) in [7, 11) is -2.56. The van der Waals surface area contributed by atoms with Gasteiger partial charge in [0.1, 0.15) is 5.75 Å². The van der Waals surface area contributed by atoms with Crippen molar-refractivity contribution in [3.63, 3.8) is 0 Å². The van der Waals surface area contributed by atoms with Crippen molar-refractivity contribution in [1.82, 2.24) is 0 Å². The van der Waals surface area contributed by atoms with E-state index in [0.29, 0.717) is 26.4 Å². The zero-order valence-corrected chi connectivity index (χ0v) is 19.9. The van der Waals surface area contributed by atoms with Gasteiger partial charge >= 0.3 is 8.80 Å². The highest BCUT2D eigenvalue weighted by Crippen LogP contribution is 2.22. The lowest BCUT2D eigenvalue weighted by Gasteiger charge is -2.28. The van der Waals surface area contributed by atoms with Crippen LogP contribution in [0.5, 0.6) is 5.75 Å². The highest BCUT2D eigenvalue weighted by atomic mass is 32.2. The van der Waals surface area contributed by atoms with Crippen LogP contribution >= 0.6 is 11.8 Å². The Hall–Kier alpha value is -1.71. The van der Waals surface area contributed by atoms with Crippen molar-refractivity contribution < 1.29 is 18.0 Å². The molecular formula is C22H32N2O4SSi. The average molecular weight is 449 g/mol. The van der Waals surface area contributed by atoms with Gasteiger partial charge in [0.25, 0.3) is 0 Å². The van der Waals surface area contributed by atoms with E-state index in [2.05, 4.69) is 10.2 Å². The molecule has 0 atom stereocenters. The van der Waals surface area contributed by atoms with Gasteiger partial charge in [-0.3, -0.25) is 0 Å². The monoisotopic (exact) mass is 448 g/mol. The summed E-state index contributed by atoms with van der Waals surface area (Å²) in [4.78, 5) is 0. The molecule has 0 aliphatic rings. The summed E-state index contributed by atoms with van der Waals surface area (Å²) in [6.45, 7) is 8.42. The number of hydrogen-bond acceptors (Lipinski definition) is 7.